The first kappa shape index (κ1) is 18.8. The number of benzene rings is 2. The van der Waals surface area contributed by atoms with Gasteiger partial charge in [-0.3, -0.25) is 9.89 Å². The second-order valence-corrected chi connectivity index (χ2v) is 7.25. The molecule has 3 N–H and O–H groups in total. The fourth-order valence-electron chi connectivity index (χ4n) is 3.61. The summed E-state index contributed by atoms with van der Waals surface area (Å²) in [4.78, 5) is 25.8. The van der Waals surface area contributed by atoms with Gasteiger partial charge in [0.2, 0.25) is 11.7 Å². The van der Waals surface area contributed by atoms with Gasteiger partial charge < -0.3 is 15.2 Å². The lowest BCUT2D eigenvalue weighted by Gasteiger charge is -2.12. The summed E-state index contributed by atoms with van der Waals surface area (Å²) >= 11 is 0. The molecule has 0 unspecified atom stereocenters. The van der Waals surface area contributed by atoms with Crippen molar-refractivity contribution in [2.24, 2.45) is 0 Å². The smallest absolute Gasteiger partial charge is 0.289 e. The van der Waals surface area contributed by atoms with Gasteiger partial charge in [0.05, 0.1) is 35.4 Å². The number of carbonyl (C=O) groups excluding carboxylic acids is 1. The van der Waals surface area contributed by atoms with Crippen LogP contribution in [0.5, 0.6) is 5.88 Å². The van der Waals surface area contributed by atoms with Crippen molar-refractivity contribution in [3.05, 3.63) is 72.2 Å². The molecule has 1 atom stereocenters. The highest BCUT2D eigenvalue weighted by Crippen LogP contribution is 2.30. The van der Waals surface area contributed by atoms with E-state index in [0.29, 0.717) is 16.9 Å². The first-order valence-corrected chi connectivity index (χ1v) is 9.86. The van der Waals surface area contributed by atoms with Crippen molar-refractivity contribution in [2.45, 2.75) is 13.0 Å². The van der Waals surface area contributed by atoms with Gasteiger partial charge in [0.15, 0.2) is 0 Å². The van der Waals surface area contributed by atoms with Crippen LogP contribution in [0.3, 0.4) is 0 Å². The van der Waals surface area contributed by atoms with Gasteiger partial charge in [0, 0.05) is 23.2 Å². The molecule has 0 radical (unpaired) electrons. The van der Waals surface area contributed by atoms with Crippen LogP contribution >= 0.6 is 0 Å². The summed E-state index contributed by atoms with van der Waals surface area (Å²) in [5, 5.41) is 10.2. The number of hydrogen-bond acceptors (Lipinski definition) is 5. The Bertz CT molecular complexity index is 1390. The number of pyridine rings is 1. The predicted molar refractivity (Wildman–Crippen MR) is 118 cm³/mol. The molecule has 3 heterocycles. The van der Waals surface area contributed by atoms with Crippen LogP contribution in [0, 0.1) is 0 Å². The van der Waals surface area contributed by atoms with E-state index in [4.69, 9.17) is 4.74 Å². The summed E-state index contributed by atoms with van der Waals surface area (Å²) in [5.74, 6) is 0.379. The molecule has 2 aromatic carbocycles. The normalized spacial score (nSPS) is 12.2. The minimum atomic E-state index is -0.304. The summed E-state index contributed by atoms with van der Waals surface area (Å²) in [7, 11) is 1.58. The van der Waals surface area contributed by atoms with E-state index in [-0.39, 0.29) is 17.8 Å². The van der Waals surface area contributed by atoms with E-state index in [1.165, 1.54) is 0 Å². The molecule has 0 saturated heterocycles. The Balaban J connectivity index is 1.48. The van der Waals surface area contributed by atoms with Gasteiger partial charge in [-0.25, -0.2) is 15.0 Å². The van der Waals surface area contributed by atoms with Crippen LogP contribution in [0.2, 0.25) is 0 Å². The molecule has 0 saturated carbocycles. The number of imidazole rings is 1. The molecule has 154 valence electrons. The number of methoxy groups -OCH3 is 1. The maximum absolute atomic E-state index is 12.7. The molecular formula is C23H20N6O2. The van der Waals surface area contributed by atoms with Gasteiger partial charge >= 0.3 is 0 Å². The van der Waals surface area contributed by atoms with Gasteiger partial charge in [-0.1, -0.05) is 30.3 Å². The fourth-order valence-corrected chi connectivity index (χ4v) is 3.61. The van der Waals surface area contributed by atoms with E-state index in [1.54, 1.807) is 13.3 Å². The maximum Gasteiger partial charge on any atom is 0.289 e. The first-order chi connectivity index (χ1) is 15.1. The average Bonchev–Trinajstić information content (AvgIpc) is 3.41. The number of nitrogens with zero attached hydrogens (tertiary/aromatic N) is 3. The third kappa shape index (κ3) is 3.48. The van der Waals surface area contributed by atoms with Crippen LogP contribution < -0.4 is 10.1 Å². The van der Waals surface area contributed by atoms with E-state index in [9.17, 15) is 4.79 Å². The van der Waals surface area contributed by atoms with Crippen molar-refractivity contribution in [1.82, 2.24) is 30.5 Å². The monoisotopic (exact) mass is 412 g/mol. The average molecular weight is 412 g/mol. The second-order valence-electron chi connectivity index (χ2n) is 7.25. The van der Waals surface area contributed by atoms with Gasteiger partial charge in [-0.15, -0.1) is 0 Å². The highest BCUT2D eigenvalue weighted by atomic mass is 16.5. The minimum Gasteiger partial charge on any atom is -0.481 e. The van der Waals surface area contributed by atoms with E-state index in [0.717, 1.165) is 27.7 Å². The maximum atomic E-state index is 12.7. The highest BCUT2D eigenvalue weighted by Gasteiger charge is 2.18. The Morgan fingerprint density at radius 3 is 2.58 bits per heavy atom. The lowest BCUT2D eigenvalue weighted by Crippen LogP contribution is -2.27. The molecule has 1 amide bonds. The predicted octanol–water partition coefficient (Wildman–Crippen LogP) is 4.00. The van der Waals surface area contributed by atoms with Crippen molar-refractivity contribution in [1.29, 1.82) is 0 Å². The van der Waals surface area contributed by atoms with E-state index in [2.05, 4.69) is 30.5 Å². The Morgan fingerprint density at radius 1 is 1.03 bits per heavy atom. The molecule has 0 aliphatic rings. The molecule has 8 heteroatoms. The van der Waals surface area contributed by atoms with Crippen molar-refractivity contribution in [3.63, 3.8) is 0 Å². The molecule has 0 bridgehead atoms. The van der Waals surface area contributed by atoms with Crippen LogP contribution in [0.25, 0.3) is 33.2 Å². The number of aromatic nitrogens is 5. The van der Waals surface area contributed by atoms with Crippen LogP contribution in [0.4, 0.5) is 0 Å². The summed E-state index contributed by atoms with van der Waals surface area (Å²) in [5.41, 5.74) is 4.99. The van der Waals surface area contributed by atoms with Crippen molar-refractivity contribution < 1.29 is 9.53 Å². The molecule has 3 aromatic heterocycles. The Labute approximate surface area is 177 Å². The third-order valence-electron chi connectivity index (χ3n) is 5.24. The number of nitrogens with one attached hydrogen (secondary N) is 3. The zero-order chi connectivity index (χ0) is 21.4. The number of rotatable bonds is 5. The number of fused-ring (bicyclic) bond motifs is 2. The SMILES string of the molecule is COc1cc(-c2[nH][nH]c3cc4nc(C(=O)N[C@H](C)c5ccccc5)nc4cc23)ccn1. The lowest BCUT2D eigenvalue weighted by atomic mass is 10.1. The molecular weight excluding hydrogens is 392 g/mol. The van der Waals surface area contributed by atoms with E-state index < -0.39 is 0 Å². The van der Waals surface area contributed by atoms with Gasteiger partial charge in [-0.05, 0) is 30.7 Å². The number of H-pyrrole nitrogens is 2. The van der Waals surface area contributed by atoms with Crippen LogP contribution in [0.15, 0.2) is 60.8 Å². The number of carbonyl (C=O) groups is 1. The lowest BCUT2D eigenvalue weighted by molar-refractivity contribution is 0.0930. The quantitative estimate of drug-likeness (QED) is 0.404. The molecule has 0 spiro atoms. The van der Waals surface area contributed by atoms with Crippen LogP contribution in [-0.4, -0.2) is 38.2 Å². The molecule has 5 aromatic rings. The molecule has 0 fully saturated rings. The zero-order valence-electron chi connectivity index (χ0n) is 17.0. The fraction of sp³-hybridized carbons (Fsp3) is 0.130. The van der Waals surface area contributed by atoms with E-state index in [1.807, 2.05) is 61.5 Å². The van der Waals surface area contributed by atoms with Crippen molar-refractivity contribution in [2.75, 3.05) is 7.11 Å². The summed E-state index contributed by atoms with van der Waals surface area (Å²) in [6.45, 7) is 1.93. The topological polar surface area (TPSA) is 109 Å². The van der Waals surface area contributed by atoms with Crippen LogP contribution in [-0.2, 0) is 0 Å². The van der Waals surface area contributed by atoms with Crippen molar-refractivity contribution >= 4 is 27.8 Å². The molecule has 0 aliphatic heterocycles. The molecule has 31 heavy (non-hydrogen) atoms. The molecule has 5 rings (SSSR count). The Morgan fingerprint density at radius 2 is 1.81 bits per heavy atom. The first-order valence-electron chi connectivity index (χ1n) is 9.86. The molecule has 8 nitrogen and oxygen atoms in total. The Hall–Kier alpha value is -4.20. The summed E-state index contributed by atoms with van der Waals surface area (Å²) in [6.07, 6.45) is 1.69. The standard InChI is InChI=1S/C23H20N6O2/c1-13(14-6-4-3-5-7-14)25-23(30)22-26-18-11-16-17(12-19(18)27-22)28-29-21(16)15-8-9-24-20(10-15)31-2/h3-13,28-29H,1-2H3,(H,25,30)/t13-/m1/s1. The zero-order valence-corrected chi connectivity index (χ0v) is 17.0. The number of aromatic amines is 2. The number of ether oxygens (including phenoxy) is 1. The summed E-state index contributed by atoms with van der Waals surface area (Å²) < 4.78 is 5.23. The van der Waals surface area contributed by atoms with Crippen molar-refractivity contribution in [3.8, 4) is 17.1 Å². The van der Waals surface area contributed by atoms with Gasteiger partial charge in [0.1, 0.15) is 0 Å². The van der Waals surface area contributed by atoms with Gasteiger partial charge in [-0.2, -0.15) is 0 Å². The number of amides is 1. The summed E-state index contributed by atoms with van der Waals surface area (Å²) in [6, 6.07) is 17.2. The molecule has 0 aliphatic carbocycles. The van der Waals surface area contributed by atoms with Crippen LogP contribution in [0.1, 0.15) is 29.1 Å². The second kappa shape index (κ2) is 7.56. The van der Waals surface area contributed by atoms with E-state index >= 15 is 0 Å². The Kier molecular flexibility index (Phi) is 4.59. The van der Waals surface area contributed by atoms with Gasteiger partial charge in [0.25, 0.3) is 5.91 Å². The third-order valence-corrected chi connectivity index (χ3v) is 5.24. The minimum absolute atomic E-state index is 0.146. The number of hydrogen-bond donors (Lipinski definition) is 3. The largest absolute Gasteiger partial charge is 0.481 e. The highest BCUT2D eigenvalue weighted by molar-refractivity contribution is 6.02.